The fraction of sp³-hybridized carbons (Fsp3) is 0.800. The van der Waals surface area contributed by atoms with Crippen LogP contribution in [0.25, 0.3) is 0 Å². The van der Waals surface area contributed by atoms with E-state index in [9.17, 15) is 0 Å². The monoisotopic (exact) mass is 266 g/mol. The van der Waals surface area contributed by atoms with Crippen molar-refractivity contribution < 1.29 is 0 Å². The lowest BCUT2D eigenvalue weighted by Gasteiger charge is -2.27. The second-order valence-electron chi connectivity index (χ2n) is 3.58. The fourth-order valence-electron chi connectivity index (χ4n) is 1.15. The number of hydrogen-bond donors (Lipinski definition) is 0. The average Bonchev–Trinajstić information content (AvgIpc) is 2.04. The fourth-order valence-corrected chi connectivity index (χ4v) is 1.42. The number of hydrogen-bond acceptors (Lipinski definition) is 0. The lowest BCUT2D eigenvalue weighted by atomic mass is 9.79. The van der Waals surface area contributed by atoms with E-state index >= 15 is 0 Å². The Morgan fingerprint density at radius 1 is 1.36 bits per heavy atom. The SMILES string of the molecule is C=C(CI)CC(C)(CC)CC. The number of alkyl halides is 1. The third-order valence-electron chi connectivity index (χ3n) is 2.57. The van der Waals surface area contributed by atoms with Crippen LogP contribution in [0.3, 0.4) is 0 Å². The van der Waals surface area contributed by atoms with Crippen molar-refractivity contribution >= 4 is 22.6 Å². The molecule has 0 unspecified atom stereocenters. The molecule has 0 aliphatic carbocycles. The van der Waals surface area contributed by atoms with Gasteiger partial charge in [0.1, 0.15) is 0 Å². The largest absolute Gasteiger partial charge is 0.0991 e. The Bertz CT molecular complexity index is 123. The first-order chi connectivity index (χ1) is 5.08. The van der Waals surface area contributed by atoms with Gasteiger partial charge in [0.05, 0.1) is 0 Å². The van der Waals surface area contributed by atoms with Gasteiger partial charge in [-0.25, -0.2) is 0 Å². The van der Waals surface area contributed by atoms with Crippen molar-refractivity contribution in [2.75, 3.05) is 4.43 Å². The first-order valence-electron chi connectivity index (χ1n) is 4.30. The van der Waals surface area contributed by atoms with Gasteiger partial charge < -0.3 is 0 Å². The summed E-state index contributed by atoms with van der Waals surface area (Å²) in [6, 6.07) is 0. The van der Waals surface area contributed by atoms with E-state index in [1.54, 1.807) is 0 Å². The molecule has 0 aromatic heterocycles. The van der Waals surface area contributed by atoms with E-state index in [-0.39, 0.29) is 0 Å². The molecule has 11 heavy (non-hydrogen) atoms. The lowest BCUT2D eigenvalue weighted by Crippen LogP contribution is -2.14. The maximum atomic E-state index is 4.05. The average molecular weight is 266 g/mol. The second-order valence-corrected chi connectivity index (χ2v) is 4.34. The molecule has 0 rings (SSSR count). The lowest BCUT2D eigenvalue weighted by molar-refractivity contribution is 0.296. The maximum absolute atomic E-state index is 4.05. The first kappa shape index (κ1) is 11.5. The van der Waals surface area contributed by atoms with Crippen LogP contribution in [-0.4, -0.2) is 4.43 Å². The van der Waals surface area contributed by atoms with Gasteiger partial charge in [-0.3, -0.25) is 0 Å². The molecule has 66 valence electrons. The molecule has 0 saturated heterocycles. The van der Waals surface area contributed by atoms with Crippen LogP contribution in [0.2, 0.25) is 0 Å². The van der Waals surface area contributed by atoms with Crippen LogP contribution in [0, 0.1) is 5.41 Å². The van der Waals surface area contributed by atoms with Crippen LogP contribution in [0.5, 0.6) is 0 Å². The Hall–Kier alpha value is 0.470. The summed E-state index contributed by atoms with van der Waals surface area (Å²) in [5, 5.41) is 0. The predicted molar refractivity (Wildman–Crippen MR) is 61.3 cm³/mol. The Morgan fingerprint density at radius 3 is 2.09 bits per heavy atom. The van der Waals surface area contributed by atoms with Crippen LogP contribution in [0.1, 0.15) is 40.0 Å². The van der Waals surface area contributed by atoms with Crippen LogP contribution in [0.15, 0.2) is 12.2 Å². The Balaban J connectivity index is 3.96. The molecule has 0 fully saturated rings. The topological polar surface area (TPSA) is 0 Å². The molecule has 0 heterocycles. The van der Waals surface area contributed by atoms with E-state index in [4.69, 9.17) is 0 Å². The Labute approximate surface area is 84.6 Å². The van der Waals surface area contributed by atoms with Crippen LogP contribution in [-0.2, 0) is 0 Å². The zero-order valence-corrected chi connectivity index (χ0v) is 10.1. The van der Waals surface area contributed by atoms with Gasteiger partial charge in [0.2, 0.25) is 0 Å². The number of halogens is 1. The molecule has 0 aromatic rings. The van der Waals surface area contributed by atoms with Gasteiger partial charge in [0.25, 0.3) is 0 Å². The minimum absolute atomic E-state index is 0.502. The Kier molecular flexibility index (Phi) is 5.40. The van der Waals surface area contributed by atoms with Gasteiger partial charge in [-0.05, 0) is 11.8 Å². The van der Waals surface area contributed by atoms with Crippen LogP contribution >= 0.6 is 22.6 Å². The van der Waals surface area contributed by atoms with Gasteiger partial charge in [-0.1, -0.05) is 68.4 Å². The van der Waals surface area contributed by atoms with Gasteiger partial charge in [-0.2, -0.15) is 0 Å². The van der Waals surface area contributed by atoms with Gasteiger partial charge in [0.15, 0.2) is 0 Å². The standard InChI is InChI=1S/C10H19I/c1-5-10(4,6-2)7-9(3)8-11/h3,5-8H2,1-2,4H3. The van der Waals surface area contributed by atoms with Crippen molar-refractivity contribution in [1.82, 2.24) is 0 Å². The zero-order chi connectivity index (χ0) is 8.91. The van der Waals surface area contributed by atoms with Crippen molar-refractivity contribution in [1.29, 1.82) is 0 Å². The van der Waals surface area contributed by atoms with Crippen molar-refractivity contribution in [2.24, 2.45) is 5.41 Å². The summed E-state index contributed by atoms with van der Waals surface area (Å²) in [5.41, 5.74) is 1.89. The summed E-state index contributed by atoms with van der Waals surface area (Å²) < 4.78 is 1.10. The van der Waals surface area contributed by atoms with E-state index in [2.05, 4.69) is 49.9 Å². The van der Waals surface area contributed by atoms with Crippen LogP contribution in [0.4, 0.5) is 0 Å². The van der Waals surface area contributed by atoms with E-state index in [1.807, 2.05) is 0 Å². The Morgan fingerprint density at radius 2 is 1.82 bits per heavy atom. The minimum atomic E-state index is 0.502. The molecule has 0 nitrogen and oxygen atoms in total. The summed E-state index contributed by atoms with van der Waals surface area (Å²) >= 11 is 2.39. The highest BCUT2D eigenvalue weighted by Crippen LogP contribution is 2.32. The highest BCUT2D eigenvalue weighted by atomic mass is 127. The van der Waals surface area contributed by atoms with Crippen LogP contribution < -0.4 is 0 Å². The molecule has 1 heteroatoms. The molecule has 0 N–H and O–H groups in total. The molecule has 0 bridgehead atoms. The smallest absolute Gasteiger partial charge is 0.0203 e. The molecule has 0 aliphatic rings. The normalized spacial score (nSPS) is 11.6. The number of rotatable bonds is 5. The zero-order valence-electron chi connectivity index (χ0n) is 7.91. The molecule has 0 aromatic carbocycles. The van der Waals surface area contributed by atoms with Gasteiger partial charge in [-0.15, -0.1) is 0 Å². The van der Waals surface area contributed by atoms with E-state index in [1.165, 1.54) is 24.8 Å². The molecule has 0 saturated carbocycles. The summed E-state index contributed by atoms with van der Waals surface area (Å²) in [4.78, 5) is 0. The minimum Gasteiger partial charge on any atom is -0.0991 e. The highest BCUT2D eigenvalue weighted by molar-refractivity contribution is 14.1. The molecular formula is C10H19I. The van der Waals surface area contributed by atoms with Crippen molar-refractivity contribution in [3.63, 3.8) is 0 Å². The van der Waals surface area contributed by atoms with E-state index in [0.29, 0.717) is 5.41 Å². The summed E-state index contributed by atoms with van der Waals surface area (Å²) in [7, 11) is 0. The van der Waals surface area contributed by atoms with E-state index in [0.717, 1.165) is 4.43 Å². The number of allylic oxidation sites excluding steroid dienone is 1. The third-order valence-corrected chi connectivity index (χ3v) is 3.65. The van der Waals surface area contributed by atoms with Gasteiger partial charge in [0, 0.05) is 4.43 Å². The molecular weight excluding hydrogens is 247 g/mol. The summed E-state index contributed by atoms with van der Waals surface area (Å²) in [6.07, 6.45) is 3.72. The van der Waals surface area contributed by atoms with Crippen molar-refractivity contribution in [3.05, 3.63) is 12.2 Å². The van der Waals surface area contributed by atoms with E-state index < -0.39 is 0 Å². The second kappa shape index (κ2) is 5.18. The van der Waals surface area contributed by atoms with Crippen molar-refractivity contribution in [2.45, 2.75) is 40.0 Å². The van der Waals surface area contributed by atoms with Gasteiger partial charge >= 0.3 is 0 Å². The predicted octanol–water partition coefficient (Wildman–Crippen LogP) is 4.19. The summed E-state index contributed by atoms with van der Waals surface area (Å²) in [6.45, 7) is 10.9. The maximum Gasteiger partial charge on any atom is 0.0203 e. The molecule has 0 radical (unpaired) electrons. The first-order valence-corrected chi connectivity index (χ1v) is 5.83. The summed E-state index contributed by atoms with van der Waals surface area (Å²) in [5.74, 6) is 0. The molecule has 0 spiro atoms. The molecule has 0 aliphatic heterocycles. The highest BCUT2D eigenvalue weighted by Gasteiger charge is 2.19. The van der Waals surface area contributed by atoms with Crippen molar-refractivity contribution in [3.8, 4) is 0 Å². The quantitative estimate of drug-likeness (QED) is 0.397. The molecule has 0 atom stereocenters. The molecule has 0 amide bonds. The third kappa shape index (κ3) is 4.14.